The molecule has 0 atom stereocenters. The number of hydrogen-bond donors (Lipinski definition) is 1. The van der Waals surface area contributed by atoms with Gasteiger partial charge in [-0.2, -0.15) is 0 Å². The molecule has 1 aromatic heterocycles. The third-order valence-corrected chi connectivity index (χ3v) is 5.68. The summed E-state index contributed by atoms with van der Waals surface area (Å²) in [7, 11) is 0. The van der Waals surface area contributed by atoms with Crippen molar-refractivity contribution in [2.75, 3.05) is 6.54 Å². The van der Waals surface area contributed by atoms with Crippen molar-refractivity contribution in [1.82, 2.24) is 14.5 Å². The first kappa shape index (κ1) is 28.4. The summed E-state index contributed by atoms with van der Waals surface area (Å²) in [5.41, 5.74) is -1.03. The van der Waals surface area contributed by atoms with E-state index in [2.05, 4.69) is 11.9 Å². The number of carboxylic acid groups (broad SMARTS) is 1. The van der Waals surface area contributed by atoms with Crippen LogP contribution in [0.1, 0.15) is 98.7 Å². The third-order valence-electron chi connectivity index (χ3n) is 5.68. The zero-order valence-electron chi connectivity index (χ0n) is 22.2. The highest BCUT2D eigenvalue weighted by Gasteiger charge is 2.30. The summed E-state index contributed by atoms with van der Waals surface area (Å²) in [6.45, 7) is 12.6. The molecule has 1 heterocycles. The molecule has 0 aliphatic heterocycles. The molecule has 9 heteroatoms. The van der Waals surface area contributed by atoms with Crippen molar-refractivity contribution in [2.24, 2.45) is 5.92 Å². The number of allylic oxidation sites excluding steroid dienone is 1. The van der Waals surface area contributed by atoms with Gasteiger partial charge in [-0.15, -0.1) is 0 Å². The molecule has 1 fully saturated rings. The number of carboxylic acids is 1. The molecule has 1 aliphatic rings. The number of unbranched alkanes of at least 4 members (excludes halogenated alkanes) is 1. The zero-order chi connectivity index (χ0) is 26.4. The molecule has 196 valence electrons. The van der Waals surface area contributed by atoms with Gasteiger partial charge in [0.2, 0.25) is 0 Å². The average Bonchev–Trinajstić information content (AvgIpc) is 3.17. The van der Waals surface area contributed by atoms with E-state index in [4.69, 9.17) is 9.47 Å². The van der Waals surface area contributed by atoms with Gasteiger partial charge in [-0.1, -0.05) is 13.0 Å². The Morgan fingerprint density at radius 1 is 1.06 bits per heavy atom. The van der Waals surface area contributed by atoms with E-state index in [0.717, 1.165) is 36.5 Å². The van der Waals surface area contributed by atoms with E-state index < -0.39 is 29.4 Å². The molecule has 2 amide bonds. The van der Waals surface area contributed by atoms with E-state index in [1.165, 1.54) is 0 Å². The van der Waals surface area contributed by atoms with Gasteiger partial charge in [0.15, 0.2) is 0 Å². The maximum Gasteiger partial charge on any atom is 0.419 e. The molecule has 1 N–H and O–H groups in total. The predicted molar refractivity (Wildman–Crippen MR) is 133 cm³/mol. The normalized spacial score (nSPS) is 19.2. The maximum atomic E-state index is 12.6. The smallest absolute Gasteiger partial charge is 0.419 e. The molecule has 1 saturated carbocycles. The van der Waals surface area contributed by atoms with Crippen LogP contribution in [0.4, 0.5) is 9.59 Å². The quantitative estimate of drug-likeness (QED) is 0.365. The number of rotatable bonds is 7. The van der Waals surface area contributed by atoms with Gasteiger partial charge in [-0.05, 0) is 86.0 Å². The second-order valence-electron chi connectivity index (χ2n) is 11.3. The van der Waals surface area contributed by atoms with Gasteiger partial charge in [-0.25, -0.2) is 24.3 Å². The molecule has 0 aromatic carbocycles. The van der Waals surface area contributed by atoms with Crippen LogP contribution in [0.15, 0.2) is 18.6 Å². The molecule has 0 unspecified atom stereocenters. The molecule has 1 aliphatic carbocycles. The Morgan fingerprint density at radius 2 is 1.60 bits per heavy atom. The van der Waals surface area contributed by atoms with Gasteiger partial charge >= 0.3 is 18.2 Å². The van der Waals surface area contributed by atoms with E-state index in [9.17, 15) is 19.5 Å². The van der Waals surface area contributed by atoms with Crippen molar-refractivity contribution in [1.29, 1.82) is 0 Å². The fourth-order valence-corrected chi connectivity index (χ4v) is 3.90. The zero-order valence-corrected chi connectivity index (χ0v) is 22.2. The van der Waals surface area contributed by atoms with Gasteiger partial charge in [-0.3, -0.25) is 0 Å². The summed E-state index contributed by atoms with van der Waals surface area (Å²) >= 11 is 0. The van der Waals surface area contributed by atoms with E-state index >= 15 is 0 Å². The van der Waals surface area contributed by atoms with Crippen LogP contribution in [-0.2, 0) is 14.3 Å². The number of aromatic nitrogens is 2. The molecular formula is C26H41N3O6. The highest BCUT2D eigenvalue weighted by molar-refractivity contribution is 6.14. The van der Waals surface area contributed by atoms with Crippen molar-refractivity contribution < 1.29 is 29.0 Å². The van der Waals surface area contributed by atoms with Crippen molar-refractivity contribution in [3.05, 3.63) is 24.3 Å². The molecule has 0 radical (unpaired) electrons. The summed E-state index contributed by atoms with van der Waals surface area (Å²) in [6, 6.07) is 0.346. The summed E-state index contributed by atoms with van der Waals surface area (Å²) in [5, 5.41) is 9.74. The molecule has 2 rings (SSSR count). The number of carbonyl (C=O) groups is 3. The minimum absolute atomic E-state index is 0.0297. The summed E-state index contributed by atoms with van der Waals surface area (Å²) in [4.78, 5) is 42.4. The van der Waals surface area contributed by atoms with Crippen LogP contribution in [0.2, 0.25) is 0 Å². The number of nitrogens with zero attached hydrogens (tertiary/aromatic N) is 3. The lowest BCUT2D eigenvalue weighted by Crippen LogP contribution is -2.44. The first-order valence-corrected chi connectivity index (χ1v) is 12.4. The Kier molecular flexibility index (Phi) is 9.52. The number of imidazole rings is 1. The molecule has 35 heavy (non-hydrogen) atoms. The third kappa shape index (κ3) is 9.38. The fraction of sp³-hybridized carbons (Fsp3) is 0.692. The molecule has 1 aromatic rings. The Labute approximate surface area is 208 Å². The minimum atomic E-state index is -1.07. The van der Waals surface area contributed by atoms with Crippen LogP contribution >= 0.6 is 0 Å². The van der Waals surface area contributed by atoms with E-state index in [0.29, 0.717) is 24.6 Å². The number of aliphatic carboxylic acids is 1. The first-order valence-electron chi connectivity index (χ1n) is 12.4. The van der Waals surface area contributed by atoms with Crippen LogP contribution in [0.3, 0.4) is 0 Å². The standard InChI is InChI=1S/C26H41N3O6/c1-18-11-13-19(14-12-18)28-16-21(27-17-28)20(22(30)31)10-8-9-15-29(23(32)34-25(2,3)4)24(33)35-26(5,6)7/h10,16-19H,8-9,11-15H2,1-7H3,(H,30,31)/b20-10-/t18-,19-. The number of amides is 2. The minimum Gasteiger partial charge on any atom is -0.478 e. The number of carbonyl (C=O) groups excluding carboxylic acids is 2. The monoisotopic (exact) mass is 491 g/mol. The summed E-state index contributed by atoms with van der Waals surface area (Å²) in [5.74, 6) is -0.340. The van der Waals surface area contributed by atoms with E-state index in [1.807, 2.05) is 4.57 Å². The number of imide groups is 1. The molecule has 0 spiro atoms. The van der Waals surface area contributed by atoms with Gasteiger partial charge in [0, 0.05) is 18.8 Å². The molecule has 0 bridgehead atoms. The second kappa shape index (κ2) is 11.7. The van der Waals surface area contributed by atoms with Crippen molar-refractivity contribution in [3.63, 3.8) is 0 Å². The lowest BCUT2D eigenvalue weighted by atomic mass is 9.87. The Balaban J connectivity index is 2.07. The Hall–Kier alpha value is -2.84. The highest BCUT2D eigenvalue weighted by Crippen LogP contribution is 2.32. The molecule has 9 nitrogen and oxygen atoms in total. The predicted octanol–water partition coefficient (Wildman–Crippen LogP) is 6.05. The largest absolute Gasteiger partial charge is 0.478 e. The van der Waals surface area contributed by atoms with Crippen LogP contribution in [0.5, 0.6) is 0 Å². The van der Waals surface area contributed by atoms with Crippen LogP contribution in [0, 0.1) is 5.92 Å². The Bertz CT molecular complexity index is 886. The van der Waals surface area contributed by atoms with Crippen LogP contribution in [0.25, 0.3) is 5.57 Å². The second-order valence-corrected chi connectivity index (χ2v) is 11.3. The van der Waals surface area contributed by atoms with Gasteiger partial charge in [0.05, 0.1) is 17.6 Å². The summed E-state index contributed by atoms with van der Waals surface area (Å²) in [6.07, 6.45) is 8.62. The number of ether oxygens (including phenoxy) is 2. The van der Waals surface area contributed by atoms with E-state index in [-0.39, 0.29) is 12.1 Å². The lowest BCUT2D eigenvalue weighted by Gasteiger charge is -2.28. The van der Waals surface area contributed by atoms with Crippen molar-refractivity contribution >= 4 is 23.7 Å². The topological polar surface area (TPSA) is 111 Å². The van der Waals surface area contributed by atoms with Crippen molar-refractivity contribution in [2.45, 2.75) is 104 Å². The Morgan fingerprint density at radius 3 is 2.09 bits per heavy atom. The van der Waals surface area contributed by atoms with E-state index in [1.54, 1.807) is 60.1 Å². The van der Waals surface area contributed by atoms with Gasteiger partial charge in [0.25, 0.3) is 0 Å². The van der Waals surface area contributed by atoms with Gasteiger partial charge in [0.1, 0.15) is 11.2 Å². The highest BCUT2D eigenvalue weighted by atomic mass is 16.6. The fourth-order valence-electron chi connectivity index (χ4n) is 3.90. The number of hydrogen-bond acceptors (Lipinski definition) is 6. The maximum absolute atomic E-state index is 12.6. The average molecular weight is 492 g/mol. The van der Waals surface area contributed by atoms with Crippen molar-refractivity contribution in [3.8, 4) is 0 Å². The first-order chi connectivity index (χ1) is 16.2. The van der Waals surface area contributed by atoms with Crippen LogP contribution in [-0.4, -0.2) is 55.5 Å². The lowest BCUT2D eigenvalue weighted by molar-refractivity contribution is -0.130. The SMILES string of the molecule is CC(C)(C)OC(=O)N(CCC/C=C(\C(=O)O)c1cn([C@H]2CC[C@H](C)CC2)cn1)C(=O)OC(C)(C)C. The molecule has 0 saturated heterocycles. The summed E-state index contributed by atoms with van der Waals surface area (Å²) < 4.78 is 12.7. The molecular weight excluding hydrogens is 450 g/mol. The van der Waals surface area contributed by atoms with Crippen LogP contribution < -0.4 is 0 Å². The van der Waals surface area contributed by atoms with Gasteiger partial charge < -0.3 is 19.1 Å².